The second-order valence-corrected chi connectivity index (χ2v) is 15.9. The number of nitrogens with one attached hydrogen (secondary N) is 2. The monoisotopic (exact) mass is 859 g/mol. The summed E-state index contributed by atoms with van der Waals surface area (Å²) in [4.78, 5) is 66.3. The fourth-order valence-corrected chi connectivity index (χ4v) is 8.54. The molecule has 8 atom stereocenters. The molecule has 18 nitrogen and oxygen atoms in total. The van der Waals surface area contributed by atoms with E-state index in [1.54, 1.807) is 12.1 Å². The Kier molecular flexibility index (Phi) is 13.0. The number of carbonyl (C=O) groups excluding carboxylic acids is 5. The molecule has 3 aromatic rings. The first-order valence-electron chi connectivity index (χ1n) is 20.3. The molecule has 330 valence electrons. The van der Waals surface area contributed by atoms with Crippen LogP contribution in [0, 0.1) is 0 Å². The molecular formula is C44H49N3O15. The molecule has 0 radical (unpaired) electrons. The predicted octanol–water partition coefficient (Wildman–Crippen LogP) is 2.88. The van der Waals surface area contributed by atoms with Crippen molar-refractivity contribution in [3.05, 3.63) is 93.6 Å². The summed E-state index contributed by atoms with van der Waals surface area (Å²) >= 11 is 0. The number of fused-ring (bicyclic) bond motifs is 3. The van der Waals surface area contributed by atoms with Crippen LogP contribution in [0.15, 0.2) is 54.6 Å². The average molecular weight is 860 g/mol. The summed E-state index contributed by atoms with van der Waals surface area (Å²) in [5, 5.41) is 61.2. The van der Waals surface area contributed by atoms with Crippen molar-refractivity contribution in [2.24, 2.45) is 5.73 Å². The molecule has 0 aromatic heterocycles. The van der Waals surface area contributed by atoms with Crippen LogP contribution < -0.4 is 25.8 Å². The van der Waals surface area contributed by atoms with E-state index in [2.05, 4.69) is 22.8 Å². The zero-order chi connectivity index (χ0) is 44.5. The highest BCUT2D eigenvalue weighted by atomic mass is 16.7. The maximum absolute atomic E-state index is 14.0. The molecule has 4 aliphatic rings. The quantitative estimate of drug-likeness (QED) is 0.0841. The maximum Gasteiger partial charge on any atom is 0.412 e. The van der Waals surface area contributed by atoms with Crippen LogP contribution in [-0.4, -0.2) is 111 Å². The van der Waals surface area contributed by atoms with Crippen LogP contribution in [0.1, 0.15) is 100 Å². The Morgan fingerprint density at radius 2 is 1.61 bits per heavy atom. The fourth-order valence-electron chi connectivity index (χ4n) is 8.54. The number of hydrogen-bond acceptors (Lipinski definition) is 16. The first-order valence-corrected chi connectivity index (χ1v) is 20.3. The molecule has 0 bridgehead atoms. The highest BCUT2D eigenvalue weighted by molar-refractivity contribution is 6.31. The van der Waals surface area contributed by atoms with Crippen molar-refractivity contribution >= 4 is 29.5 Å². The van der Waals surface area contributed by atoms with Gasteiger partial charge in [0.05, 0.1) is 42.0 Å². The molecule has 0 saturated carbocycles. The summed E-state index contributed by atoms with van der Waals surface area (Å²) in [5.41, 5.74) is 2.61. The normalized spacial score (nSPS) is 27.3. The molecule has 3 aliphatic carbocycles. The van der Waals surface area contributed by atoms with Gasteiger partial charge in [0.15, 0.2) is 17.9 Å². The largest absolute Gasteiger partial charge is 0.507 e. The lowest BCUT2D eigenvalue weighted by Gasteiger charge is -2.42. The van der Waals surface area contributed by atoms with Crippen LogP contribution in [-0.2, 0) is 32.0 Å². The van der Waals surface area contributed by atoms with Crippen LogP contribution in [0.25, 0.3) is 0 Å². The van der Waals surface area contributed by atoms with Gasteiger partial charge in [0, 0.05) is 48.0 Å². The Labute approximate surface area is 355 Å². The zero-order valence-electron chi connectivity index (χ0n) is 34.0. The Hall–Kier alpha value is -5.89. The molecule has 2 amide bonds. The summed E-state index contributed by atoms with van der Waals surface area (Å²) < 4.78 is 28.3. The van der Waals surface area contributed by atoms with Gasteiger partial charge in [-0.2, -0.15) is 0 Å². The highest BCUT2D eigenvalue weighted by Crippen LogP contribution is 2.52. The molecule has 0 spiro atoms. The minimum absolute atomic E-state index is 0.0486. The second-order valence-electron chi connectivity index (χ2n) is 15.9. The average Bonchev–Trinajstić information content (AvgIpc) is 3.24. The molecule has 18 heteroatoms. The number of amides is 2. The molecule has 3 aromatic carbocycles. The molecular weight excluding hydrogens is 810 g/mol. The van der Waals surface area contributed by atoms with Gasteiger partial charge < -0.3 is 65.6 Å². The topological polar surface area (TPSA) is 283 Å². The lowest BCUT2D eigenvalue weighted by atomic mass is 9.72. The summed E-state index contributed by atoms with van der Waals surface area (Å²) in [7, 11) is 1.30. The minimum atomic E-state index is -2.37. The predicted molar refractivity (Wildman–Crippen MR) is 216 cm³/mol. The van der Waals surface area contributed by atoms with Crippen LogP contribution in [0.4, 0.5) is 9.59 Å². The number of methoxy groups -OCH3 is 1. The number of phenolic OH excluding ortho intramolecular Hbond substituents is 2. The van der Waals surface area contributed by atoms with Gasteiger partial charge in [0.2, 0.25) is 5.78 Å². The van der Waals surface area contributed by atoms with Crippen molar-refractivity contribution in [3.8, 4) is 23.0 Å². The third-order valence-corrected chi connectivity index (χ3v) is 11.9. The summed E-state index contributed by atoms with van der Waals surface area (Å²) in [6.07, 6.45) is -0.882. The smallest absolute Gasteiger partial charge is 0.412 e. The first-order chi connectivity index (χ1) is 29.6. The summed E-state index contributed by atoms with van der Waals surface area (Å²) in [5.74, 6) is -3.91. The Morgan fingerprint density at radius 1 is 0.919 bits per heavy atom. The van der Waals surface area contributed by atoms with Crippen molar-refractivity contribution in [2.45, 2.75) is 107 Å². The number of nitrogens with two attached hydrogens (primary N) is 1. The van der Waals surface area contributed by atoms with E-state index >= 15 is 0 Å². The molecule has 7 rings (SSSR count). The van der Waals surface area contributed by atoms with E-state index in [9.17, 15) is 49.5 Å². The number of benzene rings is 3. The van der Waals surface area contributed by atoms with E-state index in [0.717, 1.165) is 19.3 Å². The van der Waals surface area contributed by atoms with Gasteiger partial charge in [0.1, 0.15) is 47.9 Å². The van der Waals surface area contributed by atoms with E-state index in [1.165, 1.54) is 44.4 Å². The number of alkyl carbamates (subject to hydrolysis) is 1. The number of ketones is 3. The van der Waals surface area contributed by atoms with Crippen LogP contribution in [0.2, 0.25) is 0 Å². The number of hydrogen-bond donors (Lipinski definition) is 8. The van der Waals surface area contributed by atoms with Crippen molar-refractivity contribution < 1.29 is 73.2 Å². The van der Waals surface area contributed by atoms with Gasteiger partial charge in [-0.3, -0.25) is 14.4 Å². The molecule has 1 heterocycles. The summed E-state index contributed by atoms with van der Waals surface area (Å²) in [6.45, 7) is 0.211. The standard InChI is InChI=1S/C44H49N3O15/c1-21-37(50)28(47-42(55)59-20-22-12-14-23(15-13-22)61-43(56)46-27-10-6-4-3-5-9-26(27)45)16-32(60-21)62-30-18-44(57,31(49)19-48)17-25-34(30)41(54)36-35(39(25)52)38(51)24-8-7-11-29(58-2)33(24)40(36)53/h3-4,7-8,11-15,21,26-28,30,32,37,48,50,52,54,57H,5-6,9-10,16-20,45H2,1-2H3,(H,46,56)(H,47,55)/b4-3+/t21-,26?,27?,28-,30-,32-,37+,44-/m0/s1. The number of aromatic hydroxyl groups is 2. The van der Waals surface area contributed by atoms with E-state index in [4.69, 9.17) is 29.4 Å². The number of phenols is 2. The fraction of sp³-hybridized carbons (Fsp3) is 0.432. The number of aliphatic hydroxyl groups is 3. The molecule has 1 saturated heterocycles. The number of ether oxygens (including phenoxy) is 5. The van der Waals surface area contributed by atoms with Crippen LogP contribution in [0.5, 0.6) is 23.0 Å². The highest BCUT2D eigenvalue weighted by Gasteiger charge is 2.50. The third-order valence-electron chi connectivity index (χ3n) is 11.9. The maximum atomic E-state index is 14.0. The molecule has 9 N–H and O–H groups in total. The van der Waals surface area contributed by atoms with Crippen molar-refractivity contribution in [2.75, 3.05) is 13.7 Å². The second kappa shape index (κ2) is 18.2. The number of carbonyl (C=O) groups is 5. The van der Waals surface area contributed by atoms with Gasteiger partial charge in [-0.1, -0.05) is 36.4 Å². The van der Waals surface area contributed by atoms with Crippen LogP contribution in [0.3, 0.4) is 0 Å². The van der Waals surface area contributed by atoms with Crippen molar-refractivity contribution in [3.63, 3.8) is 0 Å². The Bertz CT molecular complexity index is 2280. The zero-order valence-corrected chi connectivity index (χ0v) is 34.0. The number of aliphatic hydroxyl groups excluding tert-OH is 2. The third kappa shape index (κ3) is 8.74. The molecule has 1 fully saturated rings. The van der Waals surface area contributed by atoms with Gasteiger partial charge in [-0.25, -0.2) is 9.59 Å². The minimum Gasteiger partial charge on any atom is -0.507 e. The SMILES string of the molecule is COc1cccc2c1C(=O)c1c(O)c3c(c(O)c1C2=O)C[C@@](O)(C(=O)CO)C[C@@H]3O[C@H]1C[C@H](NC(=O)OCc2ccc(OC(=O)NC3CC/C=C/CCC3N)cc2)[C@H](O)[C@H](C)O1. The Balaban J connectivity index is 1.04. The van der Waals surface area contributed by atoms with Gasteiger partial charge >= 0.3 is 12.2 Å². The Morgan fingerprint density at radius 3 is 2.32 bits per heavy atom. The lowest BCUT2D eigenvalue weighted by Crippen LogP contribution is -2.56. The number of allylic oxidation sites excluding steroid dienone is 2. The van der Waals surface area contributed by atoms with E-state index in [0.29, 0.717) is 12.0 Å². The number of rotatable bonds is 10. The molecule has 2 unspecified atom stereocenters. The molecule has 1 aliphatic heterocycles. The van der Waals surface area contributed by atoms with E-state index < -0.39 is 108 Å². The lowest BCUT2D eigenvalue weighted by molar-refractivity contribution is -0.249. The van der Waals surface area contributed by atoms with Gasteiger partial charge in [-0.05, 0) is 56.4 Å². The van der Waals surface area contributed by atoms with Gasteiger partial charge in [-0.15, -0.1) is 0 Å². The van der Waals surface area contributed by atoms with Crippen molar-refractivity contribution in [1.29, 1.82) is 0 Å². The van der Waals surface area contributed by atoms with E-state index in [-0.39, 0.29) is 58.9 Å². The van der Waals surface area contributed by atoms with E-state index in [1.807, 2.05) is 0 Å². The molecule has 62 heavy (non-hydrogen) atoms. The van der Waals surface area contributed by atoms with Crippen LogP contribution >= 0.6 is 0 Å². The summed E-state index contributed by atoms with van der Waals surface area (Å²) in [6, 6.07) is 9.10. The number of Topliss-reactive ketones (excluding diaryl/α,β-unsaturated/α-hetero) is 1. The van der Waals surface area contributed by atoms with Gasteiger partial charge in [0.25, 0.3) is 0 Å². The van der Waals surface area contributed by atoms with Crippen molar-refractivity contribution in [1.82, 2.24) is 10.6 Å². The first kappa shape index (κ1) is 44.2.